The number of carbonyl (C=O) groups is 1. The Hall–Kier alpha value is -2.15. The SMILES string of the molecule is C[C](=[Cr])N1C(=O)N(C)[C@@H](C)[C@H]1c1ccccc1.[C-]#[O+].[C-]#[O+].[C-]#[O+].[C-]#[O+]. The van der Waals surface area contributed by atoms with Crippen molar-refractivity contribution in [3.8, 4) is 0 Å². The Morgan fingerprint density at radius 1 is 1.00 bits per heavy atom. The van der Waals surface area contributed by atoms with Gasteiger partial charge in [-0.2, -0.15) is 0 Å². The molecule has 0 unspecified atom stereocenters. The topological polar surface area (TPSA) is 103 Å². The van der Waals surface area contributed by atoms with Crippen LogP contribution < -0.4 is 0 Å². The molecular formula is C17H16CrN2O5. The Morgan fingerprint density at radius 2 is 1.40 bits per heavy atom. The second kappa shape index (κ2) is 16.7. The molecule has 0 N–H and O–H groups in total. The van der Waals surface area contributed by atoms with Gasteiger partial charge in [0.05, 0.1) is 0 Å². The molecule has 1 fully saturated rings. The first kappa shape index (κ1) is 27.7. The fourth-order valence-electron chi connectivity index (χ4n) is 2.30. The Bertz CT molecular complexity index is 586. The van der Waals surface area contributed by atoms with Gasteiger partial charge >= 0.3 is 155 Å². The van der Waals surface area contributed by atoms with Crippen LogP contribution in [0.2, 0.25) is 0 Å². The second-order valence-electron chi connectivity index (χ2n) is 4.38. The van der Waals surface area contributed by atoms with Gasteiger partial charge in [0.1, 0.15) is 0 Å². The molecule has 1 aliphatic heterocycles. The van der Waals surface area contributed by atoms with E-state index in [0.29, 0.717) is 0 Å². The summed E-state index contributed by atoms with van der Waals surface area (Å²) < 4.78 is 30.9. The number of benzene rings is 1. The molecule has 8 heteroatoms. The van der Waals surface area contributed by atoms with Crippen LogP contribution in [-0.4, -0.2) is 33.4 Å². The quantitative estimate of drug-likeness (QED) is 0.569. The Labute approximate surface area is 155 Å². The van der Waals surface area contributed by atoms with E-state index in [9.17, 15) is 4.79 Å². The van der Waals surface area contributed by atoms with Gasteiger partial charge in [-0.15, -0.1) is 0 Å². The molecule has 7 nitrogen and oxygen atoms in total. The van der Waals surface area contributed by atoms with Gasteiger partial charge in [0.25, 0.3) is 0 Å². The summed E-state index contributed by atoms with van der Waals surface area (Å²) in [7, 11) is 1.85. The van der Waals surface area contributed by atoms with E-state index >= 15 is 0 Å². The van der Waals surface area contributed by atoms with Crippen LogP contribution >= 0.6 is 0 Å². The number of carbonyl (C=O) groups excluding carboxylic acids is 1. The Balaban J connectivity index is -0.000000533. The van der Waals surface area contributed by atoms with Gasteiger partial charge in [0.15, 0.2) is 0 Å². The summed E-state index contributed by atoms with van der Waals surface area (Å²) >= 11 is 2.95. The molecule has 0 spiro atoms. The zero-order valence-corrected chi connectivity index (χ0v) is 15.2. The van der Waals surface area contributed by atoms with Crippen molar-refractivity contribution in [1.29, 1.82) is 0 Å². The summed E-state index contributed by atoms with van der Waals surface area (Å²) in [5.74, 6) is 0. The van der Waals surface area contributed by atoms with E-state index in [1.807, 2.05) is 37.1 Å². The van der Waals surface area contributed by atoms with Crippen LogP contribution in [0.1, 0.15) is 25.5 Å². The fraction of sp³-hybridized carbons (Fsp3) is 0.294. The molecule has 1 heterocycles. The normalized spacial score (nSPS) is 16.8. The average molecular weight is 380 g/mol. The minimum absolute atomic E-state index is 0.0580. The van der Waals surface area contributed by atoms with E-state index in [4.69, 9.17) is 18.6 Å². The molecule has 1 aliphatic rings. The van der Waals surface area contributed by atoms with E-state index in [1.165, 1.54) is 5.56 Å². The van der Waals surface area contributed by atoms with Crippen molar-refractivity contribution in [2.24, 2.45) is 0 Å². The summed E-state index contributed by atoms with van der Waals surface area (Å²) in [6.45, 7) is 22.0. The maximum absolute atomic E-state index is 12.2. The van der Waals surface area contributed by atoms with Crippen LogP contribution in [-0.2, 0) is 34.5 Å². The zero-order chi connectivity index (χ0) is 20.6. The van der Waals surface area contributed by atoms with Crippen LogP contribution in [0.25, 0.3) is 0 Å². The first-order chi connectivity index (χ1) is 12.0. The predicted molar refractivity (Wildman–Crippen MR) is 80.0 cm³/mol. The van der Waals surface area contributed by atoms with E-state index in [-0.39, 0.29) is 18.1 Å². The molecule has 2 amide bonds. The molecule has 0 aromatic heterocycles. The molecule has 1 aromatic carbocycles. The summed E-state index contributed by atoms with van der Waals surface area (Å²) in [6.07, 6.45) is 0. The first-order valence-electron chi connectivity index (χ1n) is 6.47. The van der Waals surface area contributed by atoms with Crippen molar-refractivity contribution in [2.75, 3.05) is 7.05 Å². The summed E-state index contributed by atoms with van der Waals surface area (Å²) in [4.78, 5) is 15.8. The van der Waals surface area contributed by atoms with Crippen molar-refractivity contribution in [3.63, 3.8) is 0 Å². The number of nitrogens with zero attached hydrogens (tertiary/aromatic N) is 2. The van der Waals surface area contributed by atoms with Gasteiger partial charge in [-0.1, -0.05) is 0 Å². The molecule has 0 saturated carbocycles. The number of hydrogen-bond donors (Lipinski definition) is 0. The van der Waals surface area contributed by atoms with Crippen LogP contribution in [0.4, 0.5) is 4.79 Å². The third-order valence-corrected chi connectivity index (χ3v) is 3.64. The Morgan fingerprint density at radius 3 is 1.76 bits per heavy atom. The van der Waals surface area contributed by atoms with Crippen molar-refractivity contribution >= 4 is 10.5 Å². The number of rotatable bonds is 2. The summed E-state index contributed by atoms with van der Waals surface area (Å²) in [5.41, 5.74) is 1.17. The van der Waals surface area contributed by atoms with E-state index in [0.717, 1.165) is 4.50 Å². The van der Waals surface area contributed by atoms with Gasteiger partial charge in [0, 0.05) is 0 Å². The number of hydrogen-bond acceptors (Lipinski definition) is 1. The molecule has 1 saturated heterocycles. The fourth-order valence-corrected chi connectivity index (χ4v) is 2.60. The molecule has 1 aromatic rings. The molecule has 2 atom stereocenters. The summed E-state index contributed by atoms with van der Waals surface area (Å²) in [6, 6.07) is 10.5. The average Bonchev–Trinajstić information content (AvgIpc) is 2.93. The molecule has 0 bridgehead atoms. The third-order valence-electron chi connectivity index (χ3n) is 3.33. The standard InChI is InChI=1S/C13H16N2O.4CO.Cr/c1-4-15-12(10(2)14(3)13(15)16)11-8-6-5-7-9-11;4*1-2;/h5-10,12H,1-3H3;;;;;/t10-,12-;;;;;/m0...../s1. The molecule has 0 radical (unpaired) electrons. The minimum atomic E-state index is 0.0580. The van der Waals surface area contributed by atoms with Gasteiger partial charge < -0.3 is 0 Å². The number of urea groups is 1. The number of amides is 2. The van der Waals surface area contributed by atoms with E-state index in [2.05, 4.69) is 61.5 Å². The maximum atomic E-state index is 12.2. The van der Waals surface area contributed by atoms with Gasteiger partial charge in [-0.3, -0.25) is 0 Å². The van der Waals surface area contributed by atoms with Crippen LogP contribution in [0.5, 0.6) is 0 Å². The van der Waals surface area contributed by atoms with E-state index in [1.54, 1.807) is 4.90 Å². The molecule has 25 heavy (non-hydrogen) atoms. The van der Waals surface area contributed by atoms with Crippen molar-refractivity contribution < 1.29 is 39.3 Å². The molecule has 130 valence electrons. The monoisotopic (exact) mass is 380 g/mol. The Kier molecular flexibility index (Phi) is 18.5. The molecular weight excluding hydrogens is 364 g/mol. The zero-order valence-electron chi connectivity index (χ0n) is 13.9. The third kappa shape index (κ3) is 7.52. The van der Waals surface area contributed by atoms with Crippen LogP contribution in [0, 0.1) is 26.6 Å². The van der Waals surface area contributed by atoms with Gasteiger partial charge in [-0.05, 0) is 0 Å². The van der Waals surface area contributed by atoms with Gasteiger partial charge in [0.2, 0.25) is 0 Å². The van der Waals surface area contributed by atoms with Gasteiger partial charge in [-0.25, -0.2) is 0 Å². The predicted octanol–water partition coefficient (Wildman–Crippen LogP) is 2.03. The van der Waals surface area contributed by atoms with Crippen LogP contribution in [0.3, 0.4) is 0 Å². The van der Waals surface area contributed by atoms with Crippen LogP contribution in [0.15, 0.2) is 30.3 Å². The molecule has 2 rings (SSSR count). The number of likely N-dealkylation sites (N-methyl/N-ethyl adjacent to an activating group) is 1. The summed E-state index contributed by atoms with van der Waals surface area (Å²) in [5, 5.41) is 0. The van der Waals surface area contributed by atoms with Crippen molar-refractivity contribution in [2.45, 2.75) is 25.9 Å². The molecule has 0 aliphatic carbocycles. The van der Waals surface area contributed by atoms with Crippen molar-refractivity contribution in [3.05, 3.63) is 62.5 Å². The second-order valence-corrected chi connectivity index (χ2v) is 5.30. The first-order valence-corrected chi connectivity index (χ1v) is 7.11. The van der Waals surface area contributed by atoms with E-state index < -0.39 is 0 Å². The van der Waals surface area contributed by atoms with Crippen molar-refractivity contribution in [1.82, 2.24) is 9.80 Å².